The average Bonchev–Trinajstić information content (AvgIpc) is 2.65. The van der Waals surface area contributed by atoms with Gasteiger partial charge < -0.3 is 4.74 Å². The molecular weight excluding hydrogens is 264 g/mol. The molecular formula is C9H7BrN2OS. The fourth-order valence-electron chi connectivity index (χ4n) is 1.12. The second kappa shape index (κ2) is 4.06. The molecule has 2 aromatic rings. The Kier molecular flexibility index (Phi) is 2.79. The Morgan fingerprint density at radius 1 is 1.36 bits per heavy atom. The first-order chi connectivity index (χ1) is 6.81. The first kappa shape index (κ1) is 9.61. The van der Waals surface area contributed by atoms with Crippen LogP contribution in [0.25, 0.3) is 11.3 Å². The minimum atomic E-state index is 0.774. The van der Waals surface area contributed by atoms with Crippen LogP contribution in [0.4, 0.5) is 0 Å². The van der Waals surface area contributed by atoms with Crippen LogP contribution in [0.15, 0.2) is 28.9 Å². The largest absolute Gasteiger partial charge is 0.497 e. The van der Waals surface area contributed by atoms with E-state index in [1.54, 1.807) is 7.11 Å². The van der Waals surface area contributed by atoms with E-state index >= 15 is 0 Å². The molecule has 14 heavy (non-hydrogen) atoms. The summed E-state index contributed by atoms with van der Waals surface area (Å²) in [5.74, 6) is 0.822. The summed E-state index contributed by atoms with van der Waals surface area (Å²) in [6.07, 6.45) is 0. The van der Waals surface area contributed by atoms with Crippen molar-refractivity contribution in [2.75, 3.05) is 7.11 Å². The van der Waals surface area contributed by atoms with E-state index in [2.05, 4.69) is 24.7 Å². The van der Waals surface area contributed by atoms with Crippen molar-refractivity contribution < 1.29 is 4.74 Å². The Labute approximate surface area is 94.2 Å². The number of ether oxygens (including phenoxy) is 1. The molecule has 0 unspecified atom stereocenters. The molecule has 0 saturated carbocycles. The Morgan fingerprint density at radius 3 is 2.86 bits per heavy atom. The van der Waals surface area contributed by atoms with Gasteiger partial charge in [0, 0.05) is 5.56 Å². The zero-order valence-electron chi connectivity index (χ0n) is 7.40. The van der Waals surface area contributed by atoms with Gasteiger partial charge in [-0.1, -0.05) is 12.1 Å². The number of hydrogen-bond donors (Lipinski definition) is 0. The third-order valence-electron chi connectivity index (χ3n) is 1.79. The maximum atomic E-state index is 5.13. The normalized spacial score (nSPS) is 10.1. The lowest BCUT2D eigenvalue weighted by molar-refractivity contribution is 0.415. The van der Waals surface area contributed by atoms with Gasteiger partial charge in [0.1, 0.15) is 16.0 Å². The summed E-state index contributed by atoms with van der Waals surface area (Å²) < 4.78 is 14.2. The van der Waals surface area contributed by atoms with Crippen molar-refractivity contribution in [3.63, 3.8) is 0 Å². The Bertz CT molecular complexity index is 444. The molecule has 0 fully saturated rings. The molecule has 3 nitrogen and oxygen atoms in total. The highest BCUT2D eigenvalue weighted by Crippen LogP contribution is 2.28. The van der Waals surface area contributed by atoms with E-state index < -0.39 is 0 Å². The Balaban J connectivity index is 2.47. The fourth-order valence-corrected chi connectivity index (χ4v) is 2.22. The lowest BCUT2D eigenvalue weighted by Gasteiger charge is -2.01. The van der Waals surface area contributed by atoms with Crippen molar-refractivity contribution in [3.05, 3.63) is 28.9 Å². The molecule has 0 radical (unpaired) electrons. The number of hydrogen-bond acceptors (Lipinski definition) is 4. The van der Waals surface area contributed by atoms with Crippen LogP contribution in [-0.4, -0.2) is 15.9 Å². The van der Waals surface area contributed by atoms with E-state index in [0.717, 1.165) is 21.6 Å². The van der Waals surface area contributed by atoms with Gasteiger partial charge >= 0.3 is 0 Å². The van der Waals surface area contributed by atoms with Gasteiger partial charge in [0.2, 0.25) is 0 Å². The molecule has 72 valence electrons. The van der Waals surface area contributed by atoms with E-state index in [-0.39, 0.29) is 0 Å². The van der Waals surface area contributed by atoms with E-state index in [1.165, 1.54) is 11.7 Å². The quantitative estimate of drug-likeness (QED) is 0.842. The number of aromatic nitrogens is 2. The van der Waals surface area contributed by atoms with Crippen LogP contribution in [0.3, 0.4) is 0 Å². The molecule has 0 bridgehead atoms. The zero-order valence-corrected chi connectivity index (χ0v) is 9.80. The lowest BCUT2D eigenvalue weighted by Crippen LogP contribution is -1.84. The minimum absolute atomic E-state index is 0.774. The SMILES string of the molecule is COc1cccc(-c2nsnc2Br)c1. The van der Waals surface area contributed by atoms with Crippen molar-refractivity contribution in [2.45, 2.75) is 0 Å². The second-order valence-electron chi connectivity index (χ2n) is 2.64. The molecule has 1 heterocycles. The van der Waals surface area contributed by atoms with Gasteiger partial charge in [0.25, 0.3) is 0 Å². The molecule has 0 N–H and O–H groups in total. The Morgan fingerprint density at radius 2 is 2.21 bits per heavy atom. The number of benzene rings is 1. The molecule has 1 aromatic carbocycles. The highest BCUT2D eigenvalue weighted by atomic mass is 79.9. The number of halogens is 1. The van der Waals surface area contributed by atoms with E-state index in [1.807, 2.05) is 24.3 Å². The summed E-state index contributed by atoms with van der Waals surface area (Å²) in [5.41, 5.74) is 1.86. The van der Waals surface area contributed by atoms with Crippen LogP contribution < -0.4 is 4.74 Å². The molecule has 1 aromatic heterocycles. The van der Waals surface area contributed by atoms with E-state index in [0.29, 0.717) is 0 Å². The van der Waals surface area contributed by atoms with Gasteiger partial charge in [-0.15, -0.1) is 0 Å². The van der Waals surface area contributed by atoms with Gasteiger partial charge in [-0.25, -0.2) is 0 Å². The summed E-state index contributed by atoms with van der Waals surface area (Å²) in [4.78, 5) is 0. The van der Waals surface area contributed by atoms with Gasteiger partial charge in [0.15, 0.2) is 0 Å². The number of methoxy groups -OCH3 is 1. The van der Waals surface area contributed by atoms with Crippen LogP contribution in [-0.2, 0) is 0 Å². The number of rotatable bonds is 2. The van der Waals surface area contributed by atoms with Crippen LogP contribution >= 0.6 is 27.7 Å². The number of nitrogens with zero attached hydrogens (tertiary/aromatic N) is 2. The highest BCUT2D eigenvalue weighted by Gasteiger charge is 2.07. The van der Waals surface area contributed by atoms with Crippen molar-refractivity contribution in [3.8, 4) is 17.0 Å². The highest BCUT2D eigenvalue weighted by molar-refractivity contribution is 9.10. The summed E-state index contributed by atoms with van der Waals surface area (Å²) in [7, 11) is 1.65. The molecule has 0 aliphatic carbocycles. The van der Waals surface area contributed by atoms with Crippen molar-refractivity contribution in [1.82, 2.24) is 8.75 Å². The molecule has 0 aliphatic heterocycles. The monoisotopic (exact) mass is 270 g/mol. The molecule has 0 aliphatic rings. The molecule has 2 rings (SSSR count). The topological polar surface area (TPSA) is 35.0 Å². The lowest BCUT2D eigenvalue weighted by atomic mass is 10.1. The molecule has 0 amide bonds. The van der Waals surface area contributed by atoms with E-state index in [4.69, 9.17) is 4.74 Å². The summed E-state index contributed by atoms with van der Waals surface area (Å²) >= 11 is 4.53. The first-order valence-electron chi connectivity index (χ1n) is 3.94. The summed E-state index contributed by atoms with van der Waals surface area (Å²) in [6.45, 7) is 0. The zero-order chi connectivity index (χ0) is 9.97. The van der Waals surface area contributed by atoms with Gasteiger partial charge in [-0.3, -0.25) is 0 Å². The minimum Gasteiger partial charge on any atom is -0.497 e. The summed E-state index contributed by atoms with van der Waals surface area (Å²) in [5, 5.41) is 0. The van der Waals surface area contributed by atoms with Crippen LogP contribution in [0.1, 0.15) is 0 Å². The van der Waals surface area contributed by atoms with Gasteiger partial charge in [-0.2, -0.15) is 8.75 Å². The second-order valence-corrected chi connectivity index (χ2v) is 3.92. The van der Waals surface area contributed by atoms with Crippen LogP contribution in [0.2, 0.25) is 0 Å². The third-order valence-corrected chi connectivity index (χ3v) is 3.11. The van der Waals surface area contributed by atoms with Gasteiger partial charge in [0.05, 0.1) is 18.8 Å². The predicted octanol–water partition coefficient (Wildman–Crippen LogP) is 2.98. The molecule has 0 saturated heterocycles. The standard InChI is InChI=1S/C9H7BrN2OS/c1-13-7-4-2-3-6(5-7)8-9(10)12-14-11-8/h2-5H,1H3. The average molecular weight is 271 g/mol. The fraction of sp³-hybridized carbons (Fsp3) is 0.111. The Hall–Kier alpha value is -0.940. The van der Waals surface area contributed by atoms with Gasteiger partial charge in [-0.05, 0) is 28.1 Å². The van der Waals surface area contributed by atoms with E-state index in [9.17, 15) is 0 Å². The molecule has 5 heteroatoms. The van der Waals surface area contributed by atoms with Crippen LogP contribution in [0, 0.1) is 0 Å². The van der Waals surface area contributed by atoms with Crippen molar-refractivity contribution in [1.29, 1.82) is 0 Å². The third kappa shape index (κ3) is 1.78. The summed E-state index contributed by atoms with van der Waals surface area (Å²) in [6, 6.07) is 7.74. The molecule has 0 spiro atoms. The molecule has 0 atom stereocenters. The van der Waals surface area contributed by atoms with Crippen molar-refractivity contribution >= 4 is 27.7 Å². The maximum Gasteiger partial charge on any atom is 0.147 e. The van der Waals surface area contributed by atoms with Crippen LogP contribution in [0.5, 0.6) is 5.75 Å². The van der Waals surface area contributed by atoms with Crippen molar-refractivity contribution in [2.24, 2.45) is 0 Å². The maximum absolute atomic E-state index is 5.13. The smallest absolute Gasteiger partial charge is 0.147 e. The first-order valence-corrected chi connectivity index (χ1v) is 5.46. The predicted molar refractivity (Wildman–Crippen MR) is 59.6 cm³/mol.